The SMILES string of the molecule is Cc1ccc2cc(C(NN)c3cc(C)nn3C)ccc2n1. The van der Waals surface area contributed by atoms with Crippen LogP contribution < -0.4 is 11.3 Å². The van der Waals surface area contributed by atoms with Crippen LogP contribution in [-0.4, -0.2) is 14.8 Å². The van der Waals surface area contributed by atoms with E-state index in [4.69, 9.17) is 5.84 Å². The molecule has 2 aromatic heterocycles. The first-order valence-corrected chi connectivity index (χ1v) is 6.92. The topological polar surface area (TPSA) is 68.8 Å². The molecule has 0 fully saturated rings. The first kappa shape index (κ1) is 13.7. The van der Waals surface area contributed by atoms with Crippen LogP contribution in [0.25, 0.3) is 10.9 Å². The summed E-state index contributed by atoms with van der Waals surface area (Å²) in [5.41, 5.74) is 8.01. The maximum atomic E-state index is 5.78. The van der Waals surface area contributed by atoms with E-state index in [1.807, 2.05) is 43.8 Å². The van der Waals surface area contributed by atoms with Crippen molar-refractivity contribution in [3.05, 3.63) is 59.0 Å². The highest BCUT2D eigenvalue weighted by Crippen LogP contribution is 2.25. The molecule has 1 unspecified atom stereocenters. The Hall–Kier alpha value is -2.24. The number of benzene rings is 1. The molecule has 0 saturated heterocycles. The Morgan fingerprint density at radius 1 is 1.10 bits per heavy atom. The molecule has 108 valence electrons. The second-order valence-electron chi connectivity index (χ2n) is 5.34. The predicted molar refractivity (Wildman–Crippen MR) is 83.6 cm³/mol. The Morgan fingerprint density at radius 3 is 2.57 bits per heavy atom. The van der Waals surface area contributed by atoms with Gasteiger partial charge in [-0.05, 0) is 43.7 Å². The lowest BCUT2D eigenvalue weighted by Crippen LogP contribution is -2.30. The van der Waals surface area contributed by atoms with E-state index in [0.717, 1.165) is 33.5 Å². The van der Waals surface area contributed by atoms with E-state index in [9.17, 15) is 0 Å². The molecule has 3 aromatic rings. The minimum Gasteiger partial charge on any atom is -0.271 e. The third-order valence-electron chi connectivity index (χ3n) is 3.69. The summed E-state index contributed by atoms with van der Waals surface area (Å²) in [6, 6.07) is 12.3. The van der Waals surface area contributed by atoms with E-state index in [-0.39, 0.29) is 6.04 Å². The molecule has 0 saturated carbocycles. The zero-order valence-corrected chi connectivity index (χ0v) is 12.5. The first-order valence-electron chi connectivity index (χ1n) is 6.92. The van der Waals surface area contributed by atoms with Gasteiger partial charge >= 0.3 is 0 Å². The lowest BCUT2D eigenvalue weighted by atomic mass is 10.0. The average molecular weight is 281 g/mol. The van der Waals surface area contributed by atoms with Crippen molar-refractivity contribution in [1.82, 2.24) is 20.2 Å². The normalized spacial score (nSPS) is 12.8. The Morgan fingerprint density at radius 2 is 1.90 bits per heavy atom. The van der Waals surface area contributed by atoms with Gasteiger partial charge in [-0.2, -0.15) is 5.10 Å². The largest absolute Gasteiger partial charge is 0.271 e. The molecule has 0 aliphatic rings. The Bertz CT molecular complexity index is 790. The van der Waals surface area contributed by atoms with Crippen molar-refractivity contribution in [1.29, 1.82) is 0 Å². The maximum Gasteiger partial charge on any atom is 0.0878 e. The average Bonchev–Trinajstić information content (AvgIpc) is 2.79. The third-order valence-corrected chi connectivity index (χ3v) is 3.69. The van der Waals surface area contributed by atoms with Gasteiger partial charge in [-0.3, -0.25) is 15.5 Å². The predicted octanol–water partition coefficient (Wildman–Crippen LogP) is 2.14. The van der Waals surface area contributed by atoms with Crippen LogP contribution in [-0.2, 0) is 7.05 Å². The number of hydrogen-bond donors (Lipinski definition) is 2. The number of aryl methyl sites for hydroxylation is 3. The third kappa shape index (κ3) is 2.53. The maximum absolute atomic E-state index is 5.78. The van der Waals surface area contributed by atoms with E-state index in [1.54, 1.807) is 0 Å². The van der Waals surface area contributed by atoms with Crippen molar-refractivity contribution in [2.24, 2.45) is 12.9 Å². The summed E-state index contributed by atoms with van der Waals surface area (Å²) in [5, 5.41) is 5.50. The van der Waals surface area contributed by atoms with Gasteiger partial charge in [0.15, 0.2) is 0 Å². The Kier molecular flexibility index (Phi) is 3.45. The van der Waals surface area contributed by atoms with Gasteiger partial charge in [0.25, 0.3) is 0 Å². The number of nitrogens with two attached hydrogens (primary N) is 1. The van der Waals surface area contributed by atoms with E-state index < -0.39 is 0 Å². The van der Waals surface area contributed by atoms with Crippen LogP contribution >= 0.6 is 0 Å². The Labute approximate surface area is 123 Å². The molecule has 5 nitrogen and oxygen atoms in total. The highest BCUT2D eigenvalue weighted by atomic mass is 15.3. The molecular formula is C16H19N5. The number of nitrogens with zero attached hydrogens (tertiary/aromatic N) is 3. The number of pyridine rings is 1. The zero-order valence-electron chi connectivity index (χ0n) is 12.5. The van der Waals surface area contributed by atoms with Crippen molar-refractivity contribution in [3.8, 4) is 0 Å². The van der Waals surface area contributed by atoms with Crippen LogP contribution in [0.15, 0.2) is 36.4 Å². The smallest absolute Gasteiger partial charge is 0.0878 e. The molecule has 3 N–H and O–H groups in total. The molecule has 1 atom stereocenters. The van der Waals surface area contributed by atoms with Gasteiger partial charge in [-0.25, -0.2) is 5.43 Å². The summed E-state index contributed by atoms with van der Waals surface area (Å²) in [5.74, 6) is 5.78. The minimum atomic E-state index is -0.0955. The second-order valence-corrected chi connectivity index (χ2v) is 5.34. The minimum absolute atomic E-state index is 0.0955. The van der Waals surface area contributed by atoms with Crippen molar-refractivity contribution in [2.75, 3.05) is 0 Å². The van der Waals surface area contributed by atoms with Gasteiger partial charge in [0.05, 0.1) is 22.9 Å². The molecule has 0 radical (unpaired) electrons. The van der Waals surface area contributed by atoms with Crippen LogP contribution in [0.1, 0.15) is 28.7 Å². The second kappa shape index (κ2) is 5.27. The van der Waals surface area contributed by atoms with Gasteiger partial charge in [0.2, 0.25) is 0 Å². The number of rotatable bonds is 3. The summed E-state index contributed by atoms with van der Waals surface area (Å²) < 4.78 is 1.86. The summed E-state index contributed by atoms with van der Waals surface area (Å²) in [6.45, 7) is 3.97. The van der Waals surface area contributed by atoms with E-state index in [0.29, 0.717) is 0 Å². The first-order chi connectivity index (χ1) is 10.1. The quantitative estimate of drug-likeness (QED) is 0.570. The van der Waals surface area contributed by atoms with Gasteiger partial charge < -0.3 is 0 Å². The lowest BCUT2D eigenvalue weighted by Gasteiger charge is -2.17. The van der Waals surface area contributed by atoms with Crippen molar-refractivity contribution < 1.29 is 0 Å². The van der Waals surface area contributed by atoms with E-state index in [1.165, 1.54) is 0 Å². The van der Waals surface area contributed by atoms with Crippen LogP contribution in [0.4, 0.5) is 0 Å². The van der Waals surface area contributed by atoms with Gasteiger partial charge in [0.1, 0.15) is 0 Å². The van der Waals surface area contributed by atoms with Crippen molar-refractivity contribution in [3.63, 3.8) is 0 Å². The summed E-state index contributed by atoms with van der Waals surface area (Å²) >= 11 is 0. The molecule has 0 bridgehead atoms. The van der Waals surface area contributed by atoms with Gasteiger partial charge in [0, 0.05) is 18.1 Å². The van der Waals surface area contributed by atoms with Gasteiger partial charge in [-0.1, -0.05) is 12.1 Å². The Balaban J connectivity index is 2.08. The molecular weight excluding hydrogens is 262 g/mol. The molecule has 0 amide bonds. The highest BCUT2D eigenvalue weighted by molar-refractivity contribution is 5.79. The number of nitrogens with one attached hydrogen (secondary N) is 1. The molecule has 0 aliphatic carbocycles. The summed E-state index contributed by atoms with van der Waals surface area (Å²) in [7, 11) is 1.93. The fraction of sp³-hybridized carbons (Fsp3) is 0.250. The van der Waals surface area contributed by atoms with Crippen LogP contribution in [0.2, 0.25) is 0 Å². The molecule has 5 heteroatoms. The number of aromatic nitrogens is 3. The zero-order chi connectivity index (χ0) is 15.0. The number of hydrazine groups is 1. The van der Waals surface area contributed by atoms with Gasteiger partial charge in [-0.15, -0.1) is 0 Å². The molecule has 2 heterocycles. The lowest BCUT2D eigenvalue weighted by molar-refractivity contribution is 0.574. The number of fused-ring (bicyclic) bond motifs is 1. The van der Waals surface area contributed by atoms with Crippen molar-refractivity contribution >= 4 is 10.9 Å². The molecule has 3 rings (SSSR count). The van der Waals surface area contributed by atoms with Crippen LogP contribution in [0.3, 0.4) is 0 Å². The monoisotopic (exact) mass is 281 g/mol. The van der Waals surface area contributed by atoms with Crippen molar-refractivity contribution in [2.45, 2.75) is 19.9 Å². The van der Waals surface area contributed by atoms with E-state index in [2.05, 4.69) is 33.7 Å². The number of hydrogen-bond acceptors (Lipinski definition) is 4. The van der Waals surface area contributed by atoms with E-state index >= 15 is 0 Å². The molecule has 1 aromatic carbocycles. The summed E-state index contributed by atoms with van der Waals surface area (Å²) in [4.78, 5) is 4.53. The highest BCUT2D eigenvalue weighted by Gasteiger charge is 2.17. The summed E-state index contributed by atoms with van der Waals surface area (Å²) in [6.07, 6.45) is 0. The standard InChI is InChI=1S/C16H19N5/c1-10-4-5-12-9-13(6-7-14(12)18-10)16(19-17)15-8-11(2)20-21(15)3/h4-9,16,19H,17H2,1-3H3. The molecule has 0 spiro atoms. The molecule has 21 heavy (non-hydrogen) atoms. The molecule has 0 aliphatic heterocycles. The van der Waals surface area contributed by atoms with Crippen LogP contribution in [0.5, 0.6) is 0 Å². The fourth-order valence-corrected chi connectivity index (χ4v) is 2.68. The fourth-order valence-electron chi connectivity index (χ4n) is 2.68. The van der Waals surface area contributed by atoms with Crippen LogP contribution in [0, 0.1) is 13.8 Å².